The molecule has 0 amide bonds. The summed E-state index contributed by atoms with van der Waals surface area (Å²) in [6.07, 6.45) is 6.00. The average molecular weight is 267 g/mol. The number of rotatable bonds is 7. The van der Waals surface area contributed by atoms with E-state index in [0.717, 1.165) is 6.42 Å². The molecule has 0 aliphatic rings. The summed E-state index contributed by atoms with van der Waals surface area (Å²) >= 11 is 6.66. The lowest BCUT2D eigenvalue weighted by atomic mass is 9.89. The van der Waals surface area contributed by atoms with E-state index < -0.39 is 0 Å². The second kappa shape index (κ2) is 7.84. The Morgan fingerprint density at radius 1 is 1.06 bits per heavy atom. The molecule has 0 aromatic heterocycles. The summed E-state index contributed by atoms with van der Waals surface area (Å²) in [4.78, 5) is 0. The minimum Gasteiger partial charge on any atom is -0.122 e. The zero-order chi connectivity index (χ0) is 13.5. The van der Waals surface area contributed by atoms with Gasteiger partial charge in [0.2, 0.25) is 0 Å². The fourth-order valence-electron chi connectivity index (χ4n) is 2.64. The topological polar surface area (TPSA) is 0 Å². The predicted octanol–water partition coefficient (Wildman–Crippen LogP) is 5.67. The second-order valence-electron chi connectivity index (χ2n) is 5.49. The van der Waals surface area contributed by atoms with Crippen LogP contribution in [0.4, 0.5) is 0 Å². The largest absolute Gasteiger partial charge is 0.122 e. The first-order chi connectivity index (χ1) is 8.58. The molecule has 0 radical (unpaired) electrons. The molecule has 0 aliphatic heterocycles. The van der Waals surface area contributed by atoms with Gasteiger partial charge in [-0.3, -0.25) is 0 Å². The van der Waals surface area contributed by atoms with Gasteiger partial charge in [-0.05, 0) is 50.2 Å². The molecule has 0 saturated carbocycles. The third-order valence-corrected chi connectivity index (χ3v) is 4.26. The first kappa shape index (κ1) is 15.6. The molecule has 0 aliphatic carbocycles. The van der Waals surface area contributed by atoms with E-state index in [9.17, 15) is 0 Å². The van der Waals surface area contributed by atoms with Gasteiger partial charge in [0.1, 0.15) is 0 Å². The van der Waals surface area contributed by atoms with E-state index in [-0.39, 0.29) is 5.38 Å². The van der Waals surface area contributed by atoms with E-state index in [2.05, 4.69) is 45.9 Å². The number of hydrogen-bond donors (Lipinski definition) is 0. The van der Waals surface area contributed by atoms with Crippen molar-refractivity contribution < 1.29 is 0 Å². The van der Waals surface area contributed by atoms with Crippen LogP contribution in [0.3, 0.4) is 0 Å². The average Bonchev–Trinajstić information content (AvgIpc) is 2.33. The van der Waals surface area contributed by atoms with E-state index in [1.807, 2.05) is 0 Å². The Morgan fingerprint density at radius 2 is 1.67 bits per heavy atom. The van der Waals surface area contributed by atoms with E-state index in [0.29, 0.717) is 5.92 Å². The van der Waals surface area contributed by atoms with Crippen LogP contribution in [0.5, 0.6) is 0 Å². The maximum atomic E-state index is 6.66. The molecular formula is C17H27Cl. The Hall–Kier alpha value is -0.490. The van der Waals surface area contributed by atoms with Crippen molar-refractivity contribution in [1.82, 2.24) is 0 Å². The Morgan fingerprint density at radius 3 is 2.22 bits per heavy atom. The molecule has 0 N–H and O–H groups in total. The van der Waals surface area contributed by atoms with Crippen LogP contribution in [0.25, 0.3) is 0 Å². The van der Waals surface area contributed by atoms with Crippen LogP contribution < -0.4 is 0 Å². The van der Waals surface area contributed by atoms with E-state index in [1.54, 1.807) is 0 Å². The Kier molecular flexibility index (Phi) is 6.78. The molecule has 0 saturated heterocycles. The van der Waals surface area contributed by atoms with Gasteiger partial charge in [0.25, 0.3) is 0 Å². The van der Waals surface area contributed by atoms with Crippen LogP contribution in [0, 0.1) is 19.8 Å². The molecule has 0 bridgehead atoms. The van der Waals surface area contributed by atoms with E-state index in [4.69, 9.17) is 11.6 Å². The third kappa shape index (κ3) is 4.65. The lowest BCUT2D eigenvalue weighted by Gasteiger charge is -2.22. The molecule has 0 heterocycles. The van der Waals surface area contributed by atoms with Crippen molar-refractivity contribution in [3.05, 3.63) is 34.9 Å². The normalized spacial score (nSPS) is 13.0. The van der Waals surface area contributed by atoms with Crippen molar-refractivity contribution >= 4 is 11.6 Å². The molecule has 1 heteroatoms. The molecule has 0 spiro atoms. The molecule has 1 unspecified atom stereocenters. The second-order valence-corrected chi connectivity index (χ2v) is 6.05. The Balaban J connectivity index is 2.71. The van der Waals surface area contributed by atoms with Crippen LogP contribution in [0.1, 0.15) is 56.2 Å². The first-order valence-electron chi connectivity index (χ1n) is 7.28. The van der Waals surface area contributed by atoms with Crippen molar-refractivity contribution in [3.63, 3.8) is 0 Å². The Labute approximate surface area is 118 Å². The highest BCUT2D eigenvalue weighted by Gasteiger charge is 2.18. The highest BCUT2D eigenvalue weighted by atomic mass is 35.5. The van der Waals surface area contributed by atoms with Gasteiger partial charge in [-0.15, -0.1) is 11.6 Å². The molecule has 1 aromatic carbocycles. The van der Waals surface area contributed by atoms with Crippen molar-refractivity contribution in [2.45, 2.75) is 65.2 Å². The molecule has 102 valence electrons. The number of halogens is 1. The molecular weight excluding hydrogens is 240 g/mol. The third-order valence-electron chi connectivity index (χ3n) is 3.75. The maximum absolute atomic E-state index is 6.66. The van der Waals surface area contributed by atoms with Crippen molar-refractivity contribution in [3.8, 4) is 0 Å². The summed E-state index contributed by atoms with van der Waals surface area (Å²) in [5.74, 6) is 0.668. The summed E-state index contributed by atoms with van der Waals surface area (Å²) in [5.41, 5.74) is 4.13. The zero-order valence-corrected chi connectivity index (χ0v) is 13.1. The van der Waals surface area contributed by atoms with Gasteiger partial charge < -0.3 is 0 Å². The lowest BCUT2D eigenvalue weighted by molar-refractivity contribution is 0.417. The fraction of sp³-hybridized carbons (Fsp3) is 0.647. The SMILES string of the molecule is CCCC(CCC)C(Cl)Cc1cc(C)ccc1C. The van der Waals surface area contributed by atoms with Crippen LogP contribution >= 0.6 is 11.6 Å². The van der Waals surface area contributed by atoms with Gasteiger partial charge in [0, 0.05) is 5.38 Å². The van der Waals surface area contributed by atoms with Gasteiger partial charge >= 0.3 is 0 Å². The molecule has 0 nitrogen and oxygen atoms in total. The lowest BCUT2D eigenvalue weighted by Crippen LogP contribution is -2.18. The highest BCUT2D eigenvalue weighted by Crippen LogP contribution is 2.26. The number of hydrogen-bond acceptors (Lipinski definition) is 0. The highest BCUT2D eigenvalue weighted by molar-refractivity contribution is 6.20. The minimum atomic E-state index is 0.283. The Bertz CT molecular complexity index is 351. The standard InChI is InChI=1S/C17H27Cl/c1-5-7-15(8-6-2)17(18)12-16-11-13(3)9-10-14(16)4/h9-11,15,17H,5-8,12H2,1-4H3. The van der Waals surface area contributed by atoms with Gasteiger partial charge in [-0.1, -0.05) is 50.5 Å². The summed E-state index contributed by atoms with van der Waals surface area (Å²) in [7, 11) is 0. The van der Waals surface area contributed by atoms with Crippen molar-refractivity contribution in [1.29, 1.82) is 0 Å². The van der Waals surface area contributed by atoms with Gasteiger partial charge in [0.05, 0.1) is 0 Å². The van der Waals surface area contributed by atoms with Gasteiger partial charge in [-0.2, -0.15) is 0 Å². The van der Waals surface area contributed by atoms with Gasteiger partial charge in [0.15, 0.2) is 0 Å². The minimum absolute atomic E-state index is 0.283. The number of alkyl halides is 1. The number of benzene rings is 1. The predicted molar refractivity (Wildman–Crippen MR) is 82.6 cm³/mol. The van der Waals surface area contributed by atoms with Crippen molar-refractivity contribution in [2.24, 2.45) is 5.92 Å². The smallest absolute Gasteiger partial charge is 0.0404 e. The van der Waals surface area contributed by atoms with Gasteiger partial charge in [-0.25, -0.2) is 0 Å². The van der Waals surface area contributed by atoms with Crippen LogP contribution in [0.15, 0.2) is 18.2 Å². The summed E-state index contributed by atoms with van der Waals surface area (Å²) in [6, 6.07) is 6.68. The molecule has 1 rings (SSSR count). The molecule has 0 fully saturated rings. The fourth-order valence-corrected chi connectivity index (χ4v) is 3.06. The quantitative estimate of drug-likeness (QED) is 0.558. The van der Waals surface area contributed by atoms with Crippen molar-refractivity contribution in [2.75, 3.05) is 0 Å². The maximum Gasteiger partial charge on any atom is 0.0404 e. The van der Waals surface area contributed by atoms with Crippen LogP contribution in [0.2, 0.25) is 0 Å². The summed E-state index contributed by atoms with van der Waals surface area (Å²) in [5, 5.41) is 0.283. The molecule has 1 aromatic rings. The first-order valence-corrected chi connectivity index (χ1v) is 7.72. The van der Waals surface area contributed by atoms with E-state index >= 15 is 0 Å². The summed E-state index contributed by atoms with van der Waals surface area (Å²) in [6.45, 7) is 8.85. The zero-order valence-electron chi connectivity index (χ0n) is 12.3. The summed E-state index contributed by atoms with van der Waals surface area (Å²) < 4.78 is 0. The van der Waals surface area contributed by atoms with E-state index in [1.165, 1.54) is 42.4 Å². The molecule has 1 atom stereocenters. The van der Waals surface area contributed by atoms with Crippen LogP contribution in [-0.4, -0.2) is 5.38 Å². The monoisotopic (exact) mass is 266 g/mol. The number of aryl methyl sites for hydroxylation is 2. The van der Waals surface area contributed by atoms with Crippen LogP contribution in [-0.2, 0) is 6.42 Å². The molecule has 18 heavy (non-hydrogen) atoms.